The Labute approximate surface area is 182 Å². The van der Waals surface area contributed by atoms with Crippen LogP contribution in [0, 0.1) is 5.82 Å². The third-order valence-corrected chi connectivity index (χ3v) is 5.41. The number of pyridine rings is 1. The monoisotopic (exact) mass is 440 g/mol. The zero-order chi connectivity index (χ0) is 21.4. The van der Waals surface area contributed by atoms with Crippen LogP contribution in [0.2, 0.25) is 5.02 Å². The van der Waals surface area contributed by atoms with Crippen LogP contribution in [0.3, 0.4) is 0 Å². The third kappa shape index (κ3) is 3.77. The van der Waals surface area contributed by atoms with E-state index in [1.165, 1.54) is 6.07 Å². The summed E-state index contributed by atoms with van der Waals surface area (Å²) in [5, 5.41) is 13.5. The van der Waals surface area contributed by atoms with Gasteiger partial charge in [0.1, 0.15) is 17.6 Å². The van der Waals surface area contributed by atoms with Gasteiger partial charge in [-0.05, 0) is 18.2 Å². The lowest BCUT2D eigenvalue weighted by molar-refractivity contribution is 0.0908. The maximum absolute atomic E-state index is 13.6. The number of ether oxygens (including phenoxy) is 1. The second-order valence-corrected chi connectivity index (χ2v) is 7.62. The summed E-state index contributed by atoms with van der Waals surface area (Å²) in [5.74, 6) is 1.34. The van der Waals surface area contributed by atoms with Crippen LogP contribution in [-0.2, 0) is 11.8 Å². The van der Waals surface area contributed by atoms with Gasteiger partial charge in [-0.25, -0.2) is 4.39 Å². The molecule has 1 unspecified atom stereocenters. The summed E-state index contributed by atoms with van der Waals surface area (Å²) in [4.78, 5) is 5.96. The van der Waals surface area contributed by atoms with Crippen molar-refractivity contribution in [3.8, 4) is 22.7 Å². The van der Waals surface area contributed by atoms with Gasteiger partial charge in [0.15, 0.2) is 11.6 Å². The first-order chi connectivity index (χ1) is 15.1. The zero-order valence-electron chi connectivity index (χ0n) is 16.6. The molecule has 4 aromatic rings. The van der Waals surface area contributed by atoms with Gasteiger partial charge in [0.25, 0.3) is 0 Å². The zero-order valence-corrected chi connectivity index (χ0v) is 17.3. The smallest absolute Gasteiger partial charge is 0.227 e. The van der Waals surface area contributed by atoms with Gasteiger partial charge in [-0.2, -0.15) is 0 Å². The van der Waals surface area contributed by atoms with E-state index in [-0.39, 0.29) is 6.04 Å². The number of nitrogens with zero attached hydrogens (tertiary/aromatic N) is 6. The number of aromatic nitrogens is 5. The fourth-order valence-corrected chi connectivity index (χ4v) is 3.86. The average Bonchev–Trinajstić information content (AvgIpc) is 3.41. The van der Waals surface area contributed by atoms with Crippen molar-refractivity contribution in [1.29, 1.82) is 0 Å². The Morgan fingerprint density at radius 2 is 2.03 bits per heavy atom. The number of hydrogen-bond donors (Lipinski definition) is 0. The minimum atomic E-state index is -0.428. The molecule has 1 aliphatic rings. The molecule has 1 fully saturated rings. The number of anilines is 1. The Kier molecular flexibility index (Phi) is 5.13. The predicted octanol–water partition coefficient (Wildman–Crippen LogP) is 3.90. The number of halogens is 2. The number of benzene rings is 1. The van der Waals surface area contributed by atoms with Crippen LogP contribution in [0.25, 0.3) is 22.7 Å². The van der Waals surface area contributed by atoms with Crippen LogP contribution in [0.4, 0.5) is 10.3 Å². The molecule has 0 aliphatic carbocycles. The van der Waals surface area contributed by atoms with Gasteiger partial charge < -0.3 is 14.2 Å². The maximum Gasteiger partial charge on any atom is 0.227 e. The quantitative estimate of drug-likeness (QED) is 0.476. The average molecular weight is 441 g/mol. The Morgan fingerprint density at radius 1 is 1.13 bits per heavy atom. The van der Waals surface area contributed by atoms with E-state index in [2.05, 4.69) is 25.2 Å². The van der Waals surface area contributed by atoms with Crippen LogP contribution >= 0.6 is 11.6 Å². The van der Waals surface area contributed by atoms with E-state index < -0.39 is 5.82 Å². The summed E-state index contributed by atoms with van der Waals surface area (Å²) >= 11 is 6.10. The van der Waals surface area contributed by atoms with E-state index in [4.69, 9.17) is 20.9 Å². The molecule has 1 atom stereocenters. The molecular weight excluding hydrogens is 423 g/mol. The van der Waals surface area contributed by atoms with Crippen molar-refractivity contribution < 1.29 is 13.7 Å². The van der Waals surface area contributed by atoms with Gasteiger partial charge in [0.05, 0.1) is 19.4 Å². The maximum atomic E-state index is 13.6. The molecule has 1 saturated heterocycles. The third-order valence-electron chi connectivity index (χ3n) is 5.18. The molecule has 0 amide bonds. The van der Waals surface area contributed by atoms with Crippen LogP contribution in [-0.4, -0.2) is 44.7 Å². The van der Waals surface area contributed by atoms with Gasteiger partial charge >= 0.3 is 0 Å². The van der Waals surface area contributed by atoms with E-state index in [1.54, 1.807) is 12.3 Å². The molecule has 1 aromatic carbocycles. The first kappa shape index (κ1) is 19.7. The van der Waals surface area contributed by atoms with E-state index in [0.717, 1.165) is 11.8 Å². The van der Waals surface area contributed by atoms with Crippen molar-refractivity contribution in [2.75, 3.05) is 24.7 Å². The highest BCUT2D eigenvalue weighted by atomic mass is 35.5. The second-order valence-electron chi connectivity index (χ2n) is 7.18. The Morgan fingerprint density at radius 3 is 2.87 bits per heavy atom. The van der Waals surface area contributed by atoms with E-state index >= 15 is 0 Å². The molecule has 10 heteroatoms. The van der Waals surface area contributed by atoms with Crippen molar-refractivity contribution in [2.24, 2.45) is 7.05 Å². The largest absolute Gasteiger partial charge is 0.377 e. The molecule has 31 heavy (non-hydrogen) atoms. The highest BCUT2D eigenvalue weighted by Gasteiger charge is 2.31. The summed E-state index contributed by atoms with van der Waals surface area (Å²) in [6.45, 7) is 1.56. The molecule has 8 nitrogen and oxygen atoms in total. The molecule has 0 spiro atoms. The Bertz CT molecular complexity index is 1230. The van der Waals surface area contributed by atoms with Crippen molar-refractivity contribution >= 4 is 17.5 Å². The molecule has 158 valence electrons. The molecule has 4 heterocycles. The van der Waals surface area contributed by atoms with Crippen molar-refractivity contribution in [1.82, 2.24) is 24.9 Å². The minimum absolute atomic E-state index is 0.216. The first-order valence-corrected chi connectivity index (χ1v) is 10.0. The fraction of sp³-hybridized carbons (Fsp3) is 0.238. The standard InChI is InChI=1S/C21H18ClFN6O2/c1-28-20(14-8-16(23)11-24-10-14)25-26-21(28)29-5-6-30-12-18(29)17-9-19(31-27-17)13-3-2-4-15(22)7-13/h2-4,7-11,18H,5-6,12H2,1H3. The summed E-state index contributed by atoms with van der Waals surface area (Å²) in [6.07, 6.45) is 2.71. The Balaban J connectivity index is 1.47. The minimum Gasteiger partial charge on any atom is -0.377 e. The van der Waals surface area contributed by atoms with Gasteiger partial charge in [0, 0.05) is 42.0 Å². The number of morpholine rings is 1. The van der Waals surface area contributed by atoms with Gasteiger partial charge in [-0.1, -0.05) is 28.9 Å². The van der Waals surface area contributed by atoms with Gasteiger partial charge in [0.2, 0.25) is 5.95 Å². The molecule has 0 N–H and O–H groups in total. The summed E-state index contributed by atoms with van der Waals surface area (Å²) in [5.41, 5.74) is 2.11. The molecule has 3 aromatic heterocycles. The Hall–Kier alpha value is -3.30. The van der Waals surface area contributed by atoms with Crippen molar-refractivity contribution in [3.05, 3.63) is 65.3 Å². The molecule has 0 radical (unpaired) electrons. The summed E-state index contributed by atoms with van der Waals surface area (Å²) < 4.78 is 26.7. The van der Waals surface area contributed by atoms with Gasteiger partial charge in [-0.15, -0.1) is 10.2 Å². The SMILES string of the molecule is Cn1c(-c2cncc(F)c2)nnc1N1CCOCC1c1cc(-c2cccc(Cl)c2)on1. The molecule has 1 aliphatic heterocycles. The topological polar surface area (TPSA) is 82.1 Å². The highest BCUT2D eigenvalue weighted by molar-refractivity contribution is 6.30. The summed E-state index contributed by atoms with van der Waals surface area (Å²) in [7, 11) is 1.84. The van der Waals surface area contributed by atoms with Crippen LogP contribution < -0.4 is 4.90 Å². The lowest BCUT2D eigenvalue weighted by atomic mass is 10.1. The lowest BCUT2D eigenvalue weighted by Gasteiger charge is -2.34. The van der Waals surface area contributed by atoms with Crippen molar-refractivity contribution in [3.63, 3.8) is 0 Å². The molecular formula is C21H18ClFN6O2. The normalized spacial score (nSPS) is 16.6. The molecule has 5 rings (SSSR count). The van der Waals surface area contributed by atoms with Crippen LogP contribution in [0.15, 0.2) is 53.3 Å². The summed E-state index contributed by atoms with van der Waals surface area (Å²) in [6, 6.07) is 10.4. The number of rotatable bonds is 4. The van der Waals surface area contributed by atoms with E-state index in [0.29, 0.717) is 53.6 Å². The predicted molar refractivity (Wildman–Crippen MR) is 112 cm³/mol. The fourth-order valence-electron chi connectivity index (χ4n) is 3.67. The second kappa shape index (κ2) is 8.09. The van der Waals surface area contributed by atoms with Crippen LogP contribution in [0.5, 0.6) is 0 Å². The molecule has 0 bridgehead atoms. The first-order valence-electron chi connectivity index (χ1n) is 9.67. The van der Waals surface area contributed by atoms with E-state index in [9.17, 15) is 4.39 Å². The lowest BCUT2D eigenvalue weighted by Crippen LogP contribution is -2.41. The molecule has 0 saturated carbocycles. The number of hydrogen-bond acceptors (Lipinski definition) is 7. The van der Waals surface area contributed by atoms with E-state index in [1.807, 2.05) is 35.9 Å². The van der Waals surface area contributed by atoms with Crippen molar-refractivity contribution in [2.45, 2.75) is 6.04 Å². The van der Waals surface area contributed by atoms with Gasteiger partial charge in [-0.3, -0.25) is 9.55 Å². The van der Waals surface area contributed by atoms with Crippen LogP contribution in [0.1, 0.15) is 11.7 Å². The highest BCUT2D eigenvalue weighted by Crippen LogP contribution is 2.32.